The molecular formula is C18H17F2N3O. The highest BCUT2D eigenvalue weighted by atomic mass is 19.3. The van der Waals surface area contributed by atoms with Gasteiger partial charge in [-0.2, -0.15) is 0 Å². The maximum absolute atomic E-state index is 13.1. The second-order valence-electron chi connectivity index (χ2n) is 5.61. The van der Waals surface area contributed by atoms with Crippen LogP contribution in [-0.2, 0) is 0 Å². The lowest BCUT2D eigenvalue weighted by atomic mass is 10.1. The summed E-state index contributed by atoms with van der Waals surface area (Å²) in [4.78, 5) is 9.82. The van der Waals surface area contributed by atoms with E-state index in [-0.39, 0.29) is 11.8 Å². The number of aromatic hydroxyl groups is 1. The smallest absolute Gasteiger partial charge is 0.297 e. The minimum absolute atomic E-state index is 0.161. The molecule has 0 aliphatic rings. The van der Waals surface area contributed by atoms with E-state index in [1.54, 1.807) is 37.4 Å². The van der Waals surface area contributed by atoms with Crippen LogP contribution in [0.4, 0.5) is 14.6 Å². The van der Waals surface area contributed by atoms with Crippen molar-refractivity contribution in [3.05, 3.63) is 59.9 Å². The van der Waals surface area contributed by atoms with Gasteiger partial charge in [0.15, 0.2) is 5.82 Å². The van der Waals surface area contributed by atoms with Crippen LogP contribution in [0.5, 0.6) is 5.75 Å². The molecule has 24 heavy (non-hydrogen) atoms. The number of nitrogens with zero attached hydrogens (tertiary/aromatic N) is 3. The molecule has 0 bridgehead atoms. The second-order valence-corrected chi connectivity index (χ2v) is 5.61. The molecule has 0 aliphatic carbocycles. The molecule has 3 rings (SSSR count). The summed E-state index contributed by atoms with van der Waals surface area (Å²) in [6, 6.07) is 13.8. The molecule has 1 aromatic heterocycles. The minimum atomic E-state index is -2.74. The molecule has 124 valence electrons. The monoisotopic (exact) mass is 329 g/mol. The summed E-state index contributed by atoms with van der Waals surface area (Å²) < 4.78 is 26.3. The third-order valence-corrected chi connectivity index (χ3v) is 4.06. The highest BCUT2D eigenvalue weighted by Crippen LogP contribution is 2.32. The maximum Gasteiger partial charge on any atom is 0.297 e. The molecule has 2 aromatic carbocycles. The Bertz CT molecular complexity index is 870. The lowest BCUT2D eigenvalue weighted by Crippen LogP contribution is -2.23. The number of phenolic OH excluding ortho intramolecular Hbond substituents is 1. The third-order valence-electron chi connectivity index (χ3n) is 4.06. The van der Waals surface area contributed by atoms with Gasteiger partial charge in [-0.05, 0) is 36.8 Å². The number of fused-ring (bicyclic) bond motifs is 1. The predicted octanol–water partition coefficient (Wildman–Crippen LogP) is 4.47. The van der Waals surface area contributed by atoms with Crippen LogP contribution in [0.15, 0.2) is 48.5 Å². The van der Waals surface area contributed by atoms with Crippen LogP contribution in [0, 0.1) is 0 Å². The van der Waals surface area contributed by atoms with Gasteiger partial charge < -0.3 is 10.0 Å². The highest BCUT2D eigenvalue weighted by Gasteiger charge is 2.20. The number of benzene rings is 2. The van der Waals surface area contributed by atoms with E-state index >= 15 is 0 Å². The number of para-hydroxylation sites is 1. The van der Waals surface area contributed by atoms with Crippen molar-refractivity contribution in [1.29, 1.82) is 0 Å². The van der Waals surface area contributed by atoms with Crippen LogP contribution in [0.25, 0.3) is 10.9 Å². The molecule has 0 fully saturated rings. The zero-order valence-electron chi connectivity index (χ0n) is 13.3. The second kappa shape index (κ2) is 6.39. The average molecular weight is 329 g/mol. The van der Waals surface area contributed by atoms with Crippen molar-refractivity contribution < 1.29 is 13.9 Å². The number of anilines is 1. The van der Waals surface area contributed by atoms with Gasteiger partial charge in [-0.15, -0.1) is 0 Å². The molecule has 3 aromatic rings. The minimum Gasteiger partial charge on any atom is -0.508 e. The molecule has 0 saturated heterocycles. The third kappa shape index (κ3) is 2.99. The van der Waals surface area contributed by atoms with Crippen molar-refractivity contribution in [3.8, 4) is 5.75 Å². The normalized spacial score (nSPS) is 12.5. The van der Waals surface area contributed by atoms with E-state index in [1.165, 1.54) is 0 Å². The SMILES string of the molecule is C[C@H](c1cccc(O)c1)N(C)c1nc(C(F)F)nc2ccccc12. The van der Waals surface area contributed by atoms with Gasteiger partial charge in [-0.1, -0.05) is 24.3 Å². The first-order valence-electron chi connectivity index (χ1n) is 7.54. The summed E-state index contributed by atoms with van der Waals surface area (Å²) in [6.45, 7) is 1.92. The van der Waals surface area contributed by atoms with E-state index < -0.39 is 12.2 Å². The molecule has 4 nitrogen and oxygen atoms in total. The van der Waals surface area contributed by atoms with Crippen molar-refractivity contribution in [2.75, 3.05) is 11.9 Å². The maximum atomic E-state index is 13.1. The van der Waals surface area contributed by atoms with E-state index in [0.29, 0.717) is 16.7 Å². The lowest BCUT2D eigenvalue weighted by Gasteiger charge is -2.27. The lowest BCUT2D eigenvalue weighted by molar-refractivity contribution is 0.141. The Balaban J connectivity index is 2.10. The number of alkyl halides is 2. The summed E-state index contributed by atoms with van der Waals surface area (Å²) >= 11 is 0. The molecule has 0 spiro atoms. The molecule has 1 N–H and O–H groups in total. The van der Waals surface area contributed by atoms with Gasteiger partial charge >= 0.3 is 0 Å². The fourth-order valence-electron chi connectivity index (χ4n) is 2.64. The highest BCUT2D eigenvalue weighted by molar-refractivity contribution is 5.89. The number of rotatable bonds is 4. The van der Waals surface area contributed by atoms with Crippen molar-refractivity contribution in [3.63, 3.8) is 0 Å². The van der Waals surface area contributed by atoms with E-state index in [9.17, 15) is 13.9 Å². The van der Waals surface area contributed by atoms with Crippen molar-refractivity contribution in [1.82, 2.24) is 9.97 Å². The molecular weight excluding hydrogens is 312 g/mol. The Hall–Kier alpha value is -2.76. The van der Waals surface area contributed by atoms with Crippen LogP contribution in [-0.4, -0.2) is 22.1 Å². The van der Waals surface area contributed by atoms with Crippen LogP contribution < -0.4 is 4.90 Å². The van der Waals surface area contributed by atoms with Crippen LogP contribution in [0.1, 0.15) is 30.8 Å². The van der Waals surface area contributed by atoms with E-state index in [1.807, 2.05) is 30.0 Å². The number of phenols is 1. The van der Waals surface area contributed by atoms with Gasteiger partial charge in [0.05, 0.1) is 11.6 Å². The molecule has 1 atom stereocenters. The quantitative estimate of drug-likeness (QED) is 0.767. The predicted molar refractivity (Wildman–Crippen MR) is 89.4 cm³/mol. The Labute approximate surface area is 138 Å². The molecule has 0 unspecified atom stereocenters. The molecule has 0 aliphatic heterocycles. The molecule has 0 radical (unpaired) electrons. The van der Waals surface area contributed by atoms with Crippen LogP contribution >= 0.6 is 0 Å². The van der Waals surface area contributed by atoms with Crippen LogP contribution in [0.3, 0.4) is 0 Å². The Morgan fingerprint density at radius 2 is 1.79 bits per heavy atom. The summed E-state index contributed by atoms with van der Waals surface area (Å²) in [7, 11) is 1.79. The Morgan fingerprint density at radius 3 is 2.50 bits per heavy atom. The topological polar surface area (TPSA) is 49.2 Å². The average Bonchev–Trinajstić information content (AvgIpc) is 2.59. The molecule has 0 amide bonds. The van der Waals surface area contributed by atoms with Gasteiger partial charge in [0.1, 0.15) is 11.6 Å². The van der Waals surface area contributed by atoms with Crippen molar-refractivity contribution in [2.45, 2.75) is 19.4 Å². The van der Waals surface area contributed by atoms with Crippen LogP contribution in [0.2, 0.25) is 0 Å². The summed E-state index contributed by atoms with van der Waals surface area (Å²) in [5.74, 6) is 0.110. The molecule has 6 heteroatoms. The van der Waals surface area contributed by atoms with Gasteiger partial charge in [0.25, 0.3) is 6.43 Å². The van der Waals surface area contributed by atoms with Gasteiger partial charge in [-0.3, -0.25) is 0 Å². The Morgan fingerprint density at radius 1 is 1.04 bits per heavy atom. The van der Waals surface area contributed by atoms with Crippen molar-refractivity contribution >= 4 is 16.7 Å². The fourth-order valence-corrected chi connectivity index (χ4v) is 2.64. The standard InChI is InChI=1S/C18H17F2N3O/c1-11(12-6-5-7-13(24)10-12)23(2)18-14-8-3-4-9-15(14)21-17(22-18)16(19)20/h3-11,16,24H,1-2H3/t11-/m1/s1. The first-order valence-corrected chi connectivity index (χ1v) is 7.54. The largest absolute Gasteiger partial charge is 0.508 e. The first-order chi connectivity index (χ1) is 11.5. The number of hydrogen-bond donors (Lipinski definition) is 1. The van der Waals surface area contributed by atoms with Crippen molar-refractivity contribution in [2.24, 2.45) is 0 Å². The van der Waals surface area contributed by atoms with E-state index in [0.717, 1.165) is 5.56 Å². The zero-order chi connectivity index (χ0) is 17.3. The van der Waals surface area contributed by atoms with E-state index in [4.69, 9.17) is 0 Å². The van der Waals surface area contributed by atoms with Gasteiger partial charge in [0, 0.05) is 12.4 Å². The summed E-state index contributed by atoms with van der Waals surface area (Å²) in [5, 5.41) is 10.4. The van der Waals surface area contributed by atoms with E-state index in [2.05, 4.69) is 9.97 Å². The number of hydrogen-bond acceptors (Lipinski definition) is 4. The fraction of sp³-hybridized carbons (Fsp3) is 0.222. The molecule has 0 saturated carbocycles. The summed E-state index contributed by atoms with van der Waals surface area (Å²) in [6.07, 6.45) is -2.74. The number of aromatic nitrogens is 2. The van der Waals surface area contributed by atoms with Gasteiger partial charge in [-0.25, -0.2) is 18.7 Å². The number of halogens is 2. The zero-order valence-corrected chi connectivity index (χ0v) is 13.3. The summed E-state index contributed by atoms with van der Waals surface area (Å²) in [5.41, 5.74) is 1.34. The Kier molecular flexibility index (Phi) is 4.29. The molecule has 1 heterocycles. The van der Waals surface area contributed by atoms with Gasteiger partial charge in [0.2, 0.25) is 0 Å². The first kappa shape index (κ1) is 16.1.